The first-order chi connectivity index (χ1) is 9.20. The topological polar surface area (TPSA) is 46.3 Å². The number of hydrogen-bond donors (Lipinski definition) is 1. The Hall–Kier alpha value is -1.22. The minimum atomic E-state index is 0. The Morgan fingerprint density at radius 3 is 2.65 bits per heavy atom. The molecule has 1 aromatic carbocycles. The van der Waals surface area contributed by atoms with Gasteiger partial charge in [-0.05, 0) is 43.4 Å². The predicted molar refractivity (Wildman–Crippen MR) is 86.1 cm³/mol. The van der Waals surface area contributed by atoms with E-state index in [1.807, 2.05) is 24.3 Å². The summed E-state index contributed by atoms with van der Waals surface area (Å²) in [5.41, 5.74) is 7.47. The third kappa shape index (κ3) is 4.41. The van der Waals surface area contributed by atoms with Gasteiger partial charge in [-0.15, -0.1) is 12.4 Å². The molecule has 3 nitrogen and oxygen atoms in total. The highest BCUT2D eigenvalue weighted by atomic mass is 35.5. The molecule has 1 aromatic rings. The SMILES string of the molecule is CCCC1CCCCN1C(=O)Cc1ccc(N)cc1.Cl. The van der Waals surface area contributed by atoms with Crippen LogP contribution in [0.25, 0.3) is 0 Å². The Balaban J connectivity index is 0.00000200. The van der Waals surface area contributed by atoms with E-state index in [-0.39, 0.29) is 18.3 Å². The molecule has 2 N–H and O–H groups in total. The second-order valence-electron chi connectivity index (χ2n) is 5.44. The van der Waals surface area contributed by atoms with Crippen molar-refractivity contribution in [3.8, 4) is 0 Å². The largest absolute Gasteiger partial charge is 0.399 e. The van der Waals surface area contributed by atoms with Crippen molar-refractivity contribution in [2.45, 2.75) is 51.5 Å². The van der Waals surface area contributed by atoms with E-state index in [0.29, 0.717) is 12.5 Å². The molecule has 1 atom stereocenters. The second-order valence-corrected chi connectivity index (χ2v) is 5.44. The van der Waals surface area contributed by atoms with E-state index in [1.54, 1.807) is 0 Å². The van der Waals surface area contributed by atoms with Gasteiger partial charge in [0.05, 0.1) is 6.42 Å². The summed E-state index contributed by atoms with van der Waals surface area (Å²) in [5.74, 6) is 0.267. The van der Waals surface area contributed by atoms with Gasteiger partial charge in [0, 0.05) is 18.3 Å². The van der Waals surface area contributed by atoms with Gasteiger partial charge in [0.25, 0.3) is 0 Å². The molecule has 112 valence electrons. The van der Waals surface area contributed by atoms with E-state index >= 15 is 0 Å². The summed E-state index contributed by atoms with van der Waals surface area (Å²) in [6.45, 7) is 3.12. The van der Waals surface area contributed by atoms with Gasteiger partial charge in [0.15, 0.2) is 0 Å². The molecule has 1 aliphatic heterocycles. The molecule has 1 fully saturated rings. The third-order valence-electron chi connectivity index (χ3n) is 3.90. The highest BCUT2D eigenvalue weighted by Crippen LogP contribution is 2.22. The van der Waals surface area contributed by atoms with Crippen molar-refractivity contribution < 1.29 is 4.79 Å². The van der Waals surface area contributed by atoms with E-state index in [0.717, 1.165) is 37.1 Å². The van der Waals surface area contributed by atoms with Gasteiger partial charge < -0.3 is 10.6 Å². The van der Waals surface area contributed by atoms with Crippen molar-refractivity contribution in [1.82, 2.24) is 4.90 Å². The molecule has 1 saturated heterocycles. The van der Waals surface area contributed by atoms with Crippen LogP contribution in [0.4, 0.5) is 5.69 Å². The fraction of sp³-hybridized carbons (Fsp3) is 0.562. The molecule has 4 heteroatoms. The molecule has 0 bridgehead atoms. The Labute approximate surface area is 127 Å². The molecule has 0 aliphatic carbocycles. The minimum Gasteiger partial charge on any atom is -0.399 e. The molecule has 0 aromatic heterocycles. The maximum Gasteiger partial charge on any atom is 0.227 e. The second kappa shape index (κ2) is 8.15. The van der Waals surface area contributed by atoms with Crippen molar-refractivity contribution in [3.05, 3.63) is 29.8 Å². The lowest BCUT2D eigenvalue weighted by Crippen LogP contribution is -2.44. The standard InChI is InChI=1S/C16H24N2O.ClH/c1-2-5-15-6-3-4-11-18(15)16(19)12-13-7-9-14(17)10-8-13;/h7-10,15H,2-6,11-12,17H2,1H3;1H. The maximum atomic E-state index is 12.4. The van der Waals surface area contributed by atoms with Gasteiger partial charge in [-0.25, -0.2) is 0 Å². The molecule has 20 heavy (non-hydrogen) atoms. The quantitative estimate of drug-likeness (QED) is 0.866. The van der Waals surface area contributed by atoms with Crippen LogP contribution in [0.15, 0.2) is 24.3 Å². The molecule has 1 heterocycles. The number of piperidine rings is 1. The maximum absolute atomic E-state index is 12.4. The lowest BCUT2D eigenvalue weighted by Gasteiger charge is -2.36. The number of rotatable bonds is 4. The summed E-state index contributed by atoms with van der Waals surface area (Å²) in [6, 6.07) is 8.09. The predicted octanol–water partition coefficient (Wildman–Crippen LogP) is 3.41. The van der Waals surface area contributed by atoms with Crippen LogP contribution in [-0.4, -0.2) is 23.4 Å². The monoisotopic (exact) mass is 296 g/mol. The number of carbonyl (C=O) groups is 1. The Morgan fingerprint density at radius 1 is 1.30 bits per heavy atom. The summed E-state index contributed by atoms with van der Waals surface area (Å²) >= 11 is 0. The Bertz CT molecular complexity index is 417. The van der Waals surface area contributed by atoms with Crippen LogP contribution < -0.4 is 5.73 Å². The van der Waals surface area contributed by atoms with E-state index in [2.05, 4.69) is 11.8 Å². The summed E-state index contributed by atoms with van der Waals surface area (Å²) in [7, 11) is 0. The summed E-state index contributed by atoms with van der Waals surface area (Å²) in [4.78, 5) is 14.5. The lowest BCUT2D eigenvalue weighted by molar-refractivity contribution is -0.134. The van der Waals surface area contributed by atoms with E-state index in [1.165, 1.54) is 12.8 Å². The third-order valence-corrected chi connectivity index (χ3v) is 3.90. The molecule has 2 rings (SSSR count). The van der Waals surface area contributed by atoms with Crippen molar-refractivity contribution in [2.24, 2.45) is 0 Å². The molecule has 0 radical (unpaired) electrons. The molecular formula is C16H25ClN2O. The molecule has 1 amide bonds. The average molecular weight is 297 g/mol. The Morgan fingerprint density at radius 2 is 2.00 bits per heavy atom. The van der Waals surface area contributed by atoms with Gasteiger partial charge in [0.1, 0.15) is 0 Å². The Kier molecular flexibility index (Phi) is 6.86. The molecule has 1 aliphatic rings. The van der Waals surface area contributed by atoms with Crippen LogP contribution in [0.2, 0.25) is 0 Å². The number of anilines is 1. The first-order valence-corrected chi connectivity index (χ1v) is 7.34. The van der Waals surface area contributed by atoms with Gasteiger partial charge in [-0.3, -0.25) is 4.79 Å². The number of carbonyl (C=O) groups excluding carboxylic acids is 1. The van der Waals surface area contributed by atoms with Gasteiger partial charge in [-0.1, -0.05) is 25.5 Å². The number of likely N-dealkylation sites (tertiary alicyclic amines) is 1. The summed E-state index contributed by atoms with van der Waals surface area (Å²) in [6.07, 6.45) is 6.36. The van der Waals surface area contributed by atoms with Gasteiger partial charge in [0.2, 0.25) is 5.91 Å². The van der Waals surface area contributed by atoms with Gasteiger partial charge in [-0.2, -0.15) is 0 Å². The van der Waals surface area contributed by atoms with Crippen molar-refractivity contribution >= 4 is 24.0 Å². The highest BCUT2D eigenvalue weighted by Gasteiger charge is 2.25. The first kappa shape index (κ1) is 16.8. The summed E-state index contributed by atoms with van der Waals surface area (Å²) < 4.78 is 0. The number of benzene rings is 1. The van der Waals surface area contributed by atoms with Gasteiger partial charge >= 0.3 is 0 Å². The highest BCUT2D eigenvalue weighted by molar-refractivity contribution is 5.85. The molecule has 1 unspecified atom stereocenters. The number of nitrogen functional groups attached to an aromatic ring is 1. The number of hydrogen-bond acceptors (Lipinski definition) is 2. The van der Waals surface area contributed by atoms with Crippen molar-refractivity contribution in [2.75, 3.05) is 12.3 Å². The number of halogens is 1. The van der Waals surface area contributed by atoms with Crippen LogP contribution in [0.3, 0.4) is 0 Å². The van der Waals surface area contributed by atoms with Crippen LogP contribution in [0, 0.1) is 0 Å². The summed E-state index contributed by atoms with van der Waals surface area (Å²) in [5, 5.41) is 0. The number of amides is 1. The van der Waals surface area contributed by atoms with E-state index in [4.69, 9.17) is 5.73 Å². The van der Waals surface area contributed by atoms with Crippen molar-refractivity contribution in [3.63, 3.8) is 0 Å². The molecular weight excluding hydrogens is 272 g/mol. The lowest BCUT2D eigenvalue weighted by atomic mass is 9.97. The van der Waals surface area contributed by atoms with Crippen LogP contribution in [-0.2, 0) is 11.2 Å². The van der Waals surface area contributed by atoms with E-state index < -0.39 is 0 Å². The normalized spacial score (nSPS) is 18.4. The zero-order chi connectivity index (χ0) is 13.7. The zero-order valence-electron chi connectivity index (χ0n) is 12.2. The fourth-order valence-electron chi connectivity index (χ4n) is 2.87. The van der Waals surface area contributed by atoms with Crippen molar-refractivity contribution in [1.29, 1.82) is 0 Å². The first-order valence-electron chi connectivity index (χ1n) is 7.34. The van der Waals surface area contributed by atoms with E-state index in [9.17, 15) is 4.79 Å². The number of nitrogens with zero attached hydrogens (tertiary/aromatic N) is 1. The number of nitrogens with two attached hydrogens (primary N) is 1. The van der Waals surface area contributed by atoms with Crippen LogP contribution >= 0.6 is 12.4 Å². The van der Waals surface area contributed by atoms with Crippen LogP contribution in [0.1, 0.15) is 44.6 Å². The smallest absolute Gasteiger partial charge is 0.227 e. The minimum absolute atomic E-state index is 0. The zero-order valence-corrected chi connectivity index (χ0v) is 13.0. The molecule has 0 spiro atoms. The molecule has 0 saturated carbocycles. The van der Waals surface area contributed by atoms with Crippen LogP contribution in [0.5, 0.6) is 0 Å². The fourth-order valence-corrected chi connectivity index (χ4v) is 2.87. The average Bonchev–Trinajstić information content (AvgIpc) is 2.42.